The monoisotopic (exact) mass is 586 g/mol. The van der Waals surface area contributed by atoms with Gasteiger partial charge in [-0.1, -0.05) is 30.3 Å². The van der Waals surface area contributed by atoms with Gasteiger partial charge >= 0.3 is 18.0 Å². The summed E-state index contributed by atoms with van der Waals surface area (Å²) in [7, 11) is 0. The summed E-state index contributed by atoms with van der Waals surface area (Å²) in [4.78, 5) is 38.8. The van der Waals surface area contributed by atoms with Crippen LogP contribution in [0, 0.1) is 6.92 Å². The molecule has 1 amide bonds. The number of ether oxygens (including phenoxy) is 2. The van der Waals surface area contributed by atoms with Gasteiger partial charge in [0.15, 0.2) is 0 Å². The summed E-state index contributed by atoms with van der Waals surface area (Å²) < 4.78 is 17.0. The highest BCUT2D eigenvalue weighted by molar-refractivity contribution is 5.88. The van der Waals surface area contributed by atoms with Crippen molar-refractivity contribution in [1.82, 2.24) is 10.3 Å². The Labute approximate surface area is 249 Å². The number of carbonyl (C=O) groups is 3. The second kappa shape index (κ2) is 14.2. The standard InChI is InChI=1S/C33H34N2O8/c1-20(2)42-33(40)34-19-27-18-28(14-12-24(27)13-15-30(36)37)41-17-16-29-21(3)43-31(35-29)25-8-4-22(5-9-25)23-6-10-26(11-7-23)32(38)39/h4-12,14,18,20H,13,15-17,19H2,1-3H3,(H,34,40)(H,36,37)(H,38,39). The average molecular weight is 587 g/mol. The molecule has 0 atom stereocenters. The largest absolute Gasteiger partial charge is 0.493 e. The molecule has 0 aliphatic heterocycles. The van der Waals surface area contributed by atoms with Crippen LogP contribution < -0.4 is 10.1 Å². The average Bonchev–Trinajstić information content (AvgIpc) is 3.35. The van der Waals surface area contributed by atoms with Crippen molar-refractivity contribution >= 4 is 18.0 Å². The minimum absolute atomic E-state index is 0.0277. The number of nitrogens with one attached hydrogen (secondary N) is 1. The molecule has 0 aliphatic rings. The van der Waals surface area contributed by atoms with E-state index in [1.165, 1.54) is 0 Å². The lowest BCUT2D eigenvalue weighted by Gasteiger charge is -2.14. The summed E-state index contributed by atoms with van der Waals surface area (Å²) in [6.07, 6.45) is -0.0127. The van der Waals surface area contributed by atoms with Crippen LogP contribution in [0.2, 0.25) is 0 Å². The lowest BCUT2D eigenvalue weighted by atomic mass is 10.0. The van der Waals surface area contributed by atoms with Crippen molar-refractivity contribution in [3.8, 4) is 28.3 Å². The second-order valence-electron chi connectivity index (χ2n) is 10.2. The molecule has 1 aromatic heterocycles. The van der Waals surface area contributed by atoms with Gasteiger partial charge in [-0.15, -0.1) is 0 Å². The topological polar surface area (TPSA) is 148 Å². The Kier molecular flexibility index (Phi) is 10.2. The lowest BCUT2D eigenvalue weighted by Crippen LogP contribution is -2.26. The van der Waals surface area contributed by atoms with Crippen molar-refractivity contribution < 1.29 is 38.5 Å². The van der Waals surface area contributed by atoms with Crippen molar-refractivity contribution in [2.75, 3.05) is 6.61 Å². The fourth-order valence-corrected chi connectivity index (χ4v) is 4.42. The summed E-state index contributed by atoms with van der Waals surface area (Å²) in [5.41, 5.74) is 5.22. The van der Waals surface area contributed by atoms with Crippen molar-refractivity contribution in [1.29, 1.82) is 0 Å². The Morgan fingerprint density at radius 2 is 1.53 bits per heavy atom. The number of alkyl carbamates (subject to hydrolysis) is 1. The molecule has 0 saturated carbocycles. The zero-order valence-electron chi connectivity index (χ0n) is 24.3. The van der Waals surface area contributed by atoms with Gasteiger partial charge in [-0.05, 0) is 85.8 Å². The first-order valence-electron chi connectivity index (χ1n) is 13.9. The Balaban J connectivity index is 1.38. The van der Waals surface area contributed by atoms with Crippen LogP contribution >= 0.6 is 0 Å². The third-order valence-electron chi connectivity index (χ3n) is 6.65. The predicted molar refractivity (Wildman–Crippen MR) is 159 cm³/mol. The van der Waals surface area contributed by atoms with Gasteiger partial charge in [-0.2, -0.15) is 0 Å². The highest BCUT2D eigenvalue weighted by Crippen LogP contribution is 2.27. The van der Waals surface area contributed by atoms with Crippen LogP contribution in [0.3, 0.4) is 0 Å². The molecule has 0 aliphatic carbocycles. The molecule has 10 nitrogen and oxygen atoms in total. The third-order valence-corrected chi connectivity index (χ3v) is 6.65. The minimum Gasteiger partial charge on any atom is -0.493 e. The molecule has 4 rings (SSSR count). The number of oxazole rings is 1. The lowest BCUT2D eigenvalue weighted by molar-refractivity contribution is -0.136. The number of aliphatic carboxylic acids is 1. The summed E-state index contributed by atoms with van der Waals surface area (Å²) in [5.74, 6) is -0.101. The number of aromatic carboxylic acids is 1. The fourth-order valence-electron chi connectivity index (χ4n) is 4.42. The van der Waals surface area contributed by atoms with Gasteiger partial charge in [-0.25, -0.2) is 14.6 Å². The Morgan fingerprint density at radius 3 is 2.16 bits per heavy atom. The summed E-state index contributed by atoms with van der Waals surface area (Å²) in [6.45, 7) is 5.87. The van der Waals surface area contributed by atoms with E-state index in [1.807, 2.05) is 37.3 Å². The quantitative estimate of drug-likeness (QED) is 0.164. The van der Waals surface area contributed by atoms with Gasteiger partial charge in [0.2, 0.25) is 5.89 Å². The molecule has 10 heteroatoms. The predicted octanol–water partition coefficient (Wildman–Crippen LogP) is 6.29. The zero-order valence-corrected chi connectivity index (χ0v) is 24.3. The molecule has 43 heavy (non-hydrogen) atoms. The smallest absolute Gasteiger partial charge is 0.407 e. The van der Waals surface area contributed by atoms with Crippen LogP contribution in [0.4, 0.5) is 4.79 Å². The molecule has 1 heterocycles. The SMILES string of the molecule is Cc1oc(-c2ccc(-c3ccc(C(=O)O)cc3)cc2)nc1CCOc1ccc(CCC(=O)O)c(CNC(=O)OC(C)C)c1. The van der Waals surface area contributed by atoms with E-state index < -0.39 is 18.0 Å². The molecule has 0 fully saturated rings. The molecule has 224 valence electrons. The van der Waals surface area contributed by atoms with Crippen LogP contribution in [-0.4, -0.2) is 45.9 Å². The van der Waals surface area contributed by atoms with E-state index in [2.05, 4.69) is 10.3 Å². The maximum Gasteiger partial charge on any atom is 0.407 e. The molecule has 0 spiro atoms. The first kappa shape index (κ1) is 30.8. The van der Waals surface area contributed by atoms with E-state index in [4.69, 9.17) is 24.1 Å². The molecule has 3 aromatic carbocycles. The number of hydrogen-bond donors (Lipinski definition) is 3. The number of benzene rings is 3. The van der Waals surface area contributed by atoms with Crippen molar-refractivity contribution in [3.05, 3.63) is 94.9 Å². The Morgan fingerprint density at radius 1 is 0.884 bits per heavy atom. The molecule has 0 radical (unpaired) electrons. The van der Waals surface area contributed by atoms with Crippen molar-refractivity contribution in [2.24, 2.45) is 0 Å². The molecule has 4 aromatic rings. The minimum atomic E-state index is -0.962. The Hall–Kier alpha value is -5.12. The van der Waals surface area contributed by atoms with Crippen LogP contribution in [0.15, 0.2) is 71.1 Å². The fraction of sp³-hybridized carbons (Fsp3) is 0.273. The molecule has 3 N–H and O–H groups in total. The first-order chi connectivity index (χ1) is 20.6. The van der Waals surface area contributed by atoms with Gasteiger partial charge in [0.05, 0.1) is 24.0 Å². The van der Waals surface area contributed by atoms with E-state index in [-0.39, 0.29) is 24.6 Å². The molecule has 0 saturated heterocycles. The molecule has 0 bridgehead atoms. The first-order valence-corrected chi connectivity index (χ1v) is 13.9. The number of hydrogen-bond acceptors (Lipinski definition) is 7. The maximum absolute atomic E-state index is 12.0. The van der Waals surface area contributed by atoms with E-state index in [0.717, 1.165) is 33.5 Å². The number of amides is 1. The highest BCUT2D eigenvalue weighted by atomic mass is 16.6. The van der Waals surface area contributed by atoms with E-state index >= 15 is 0 Å². The van der Waals surface area contributed by atoms with Crippen molar-refractivity contribution in [3.63, 3.8) is 0 Å². The Bertz CT molecular complexity index is 1570. The van der Waals surface area contributed by atoms with Gasteiger partial charge < -0.3 is 29.4 Å². The number of nitrogens with zero attached hydrogens (tertiary/aromatic N) is 1. The van der Waals surface area contributed by atoms with Gasteiger partial charge in [0.25, 0.3) is 0 Å². The van der Waals surface area contributed by atoms with E-state index in [0.29, 0.717) is 36.8 Å². The zero-order chi connectivity index (χ0) is 30.9. The van der Waals surface area contributed by atoms with E-state index in [9.17, 15) is 14.4 Å². The number of aryl methyl sites for hydroxylation is 2. The molecule has 0 unspecified atom stereocenters. The normalized spacial score (nSPS) is 10.9. The molecular weight excluding hydrogens is 552 g/mol. The maximum atomic E-state index is 12.0. The van der Waals surface area contributed by atoms with Crippen LogP contribution in [0.5, 0.6) is 5.75 Å². The van der Waals surface area contributed by atoms with Gasteiger partial charge in [0.1, 0.15) is 11.5 Å². The second-order valence-corrected chi connectivity index (χ2v) is 10.2. The summed E-state index contributed by atoms with van der Waals surface area (Å²) >= 11 is 0. The number of carboxylic acids is 2. The summed E-state index contributed by atoms with van der Waals surface area (Å²) in [5, 5.41) is 20.9. The number of rotatable bonds is 13. The summed E-state index contributed by atoms with van der Waals surface area (Å²) in [6, 6.07) is 19.8. The number of aromatic nitrogens is 1. The van der Waals surface area contributed by atoms with Gasteiger partial charge in [-0.3, -0.25) is 4.79 Å². The van der Waals surface area contributed by atoms with Crippen LogP contribution in [-0.2, 0) is 28.9 Å². The third kappa shape index (κ3) is 8.68. The van der Waals surface area contributed by atoms with Crippen LogP contribution in [0.25, 0.3) is 22.6 Å². The van der Waals surface area contributed by atoms with E-state index in [1.54, 1.807) is 50.2 Å². The highest BCUT2D eigenvalue weighted by Gasteiger charge is 2.14. The molecular formula is C33H34N2O8. The van der Waals surface area contributed by atoms with Crippen LogP contribution in [0.1, 0.15) is 53.2 Å². The number of carbonyl (C=O) groups excluding carboxylic acids is 1. The number of carboxylic acid groups (broad SMARTS) is 2. The van der Waals surface area contributed by atoms with Gasteiger partial charge in [0, 0.05) is 24.9 Å². The van der Waals surface area contributed by atoms with Crippen molar-refractivity contribution in [2.45, 2.75) is 52.7 Å².